The molecule has 0 aromatic carbocycles. The predicted molar refractivity (Wildman–Crippen MR) is 59.4 cm³/mol. The zero-order chi connectivity index (χ0) is 10.8. The van der Waals surface area contributed by atoms with Gasteiger partial charge in [0.2, 0.25) is 5.91 Å². The van der Waals surface area contributed by atoms with E-state index in [0.29, 0.717) is 5.92 Å². The van der Waals surface area contributed by atoms with Crippen LogP contribution in [0.1, 0.15) is 26.2 Å². The molecule has 4 nitrogen and oxygen atoms in total. The lowest BCUT2D eigenvalue weighted by molar-refractivity contribution is -0.122. The second kappa shape index (κ2) is 4.49. The third-order valence-corrected chi connectivity index (χ3v) is 3.36. The molecule has 2 atom stereocenters. The Hall–Kier alpha value is -0.610. The van der Waals surface area contributed by atoms with Crippen LogP contribution in [0.5, 0.6) is 0 Å². The molecule has 0 radical (unpaired) electrons. The summed E-state index contributed by atoms with van der Waals surface area (Å²) in [6.45, 7) is 4.89. The zero-order valence-electron chi connectivity index (χ0n) is 9.41. The number of hydrogen-bond donors (Lipinski definition) is 2. The van der Waals surface area contributed by atoms with Crippen molar-refractivity contribution in [3.8, 4) is 0 Å². The van der Waals surface area contributed by atoms with Crippen molar-refractivity contribution in [2.75, 3.05) is 19.6 Å². The van der Waals surface area contributed by atoms with Crippen LogP contribution in [0.3, 0.4) is 0 Å². The Bertz CT molecular complexity index is 238. The number of likely N-dealkylation sites (tertiary alicyclic amines) is 1. The van der Waals surface area contributed by atoms with E-state index in [1.54, 1.807) is 6.92 Å². The first-order valence-electron chi connectivity index (χ1n) is 5.94. The Morgan fingerprint density at radius 2 is 2.27 bits per heavy atom. The molecule has 1 saturated heterocycles. The molecule has 0 aromatic rings. The quantitative estimate of drug-likeness (QED) is 0.684. The van der Waals surface area contributed by atoms with E-state index in [1.165, 1.54) is 25.8 Å². The minimum atomic E-state index is -0.383. The summed E-state index contributed by atoms with van der Waals surface area (Å²) in [5.74, 6) is 0.605. The first-order valence-corrected chi connectivity index (χ1v) is 5.94. The Morgan fingerprint density at radius 1 is 1.53 bits per heavy atom. The fraction of sp³-hybridized carbons (Fsp3) is 0.909. The number of carbonyl (C=O) groups excluding carboxylic acids is 1. The van der Waals surface area contributed by atoms with Crippen LogP contribution in [-0.4, -0.2) is 42.5 Å². The molecule has 1 amide bonds. The summed E-state index contributed by atoms with van der Waals surface area (Å²) >= 11 is 0. The van der Waals surface area contributed by atoms with Crippen LogP contribution in [0.25, 0.3) is 0 Å². The Morgan fingerprint density at radius 3 is 2.87 bits per heavy atom. The summed E-state index contributed by atoms with van der Waals surface area (Å²) in [6, 6.07) is 0.477. The lowest BCUT2D eigenvalue weighted by atomic mass is 10.1. The summed E-state index contributed by atoms with van der Waals surface area (Å²) < 4.78 is 0. The summed E-state index contributed by atoms with van der Waals surface area (Å²) in [4.78, 5) is 13.8. The molecule has 4 heteroatoms. The predicted octanol–water partition coefficient (Wildman–Crippen LogP) is -0.0659. The summed E-state index contributed by atoms with van der Waals surface area (Å²) in [6.07, 6.45) is 3.97. The Labute approximate surface area is 91.2 Å². The van der Waals surface area contributed by atoms with Crippen molar-refractivity contribution in [2.45, 2.75) is 38.3 Å². The van der Waals surface area contributed by atoms with Crippen LogP contribution < -0.4 is 11.1 Å². The van der Waals surface area contributed by atoms with Crippen LogP contribution in [0.2, 0.25) is 0 Å². The molecule has 0 aromatic heterocycles. The standard InChI is InChI=1S/C11H21N3O/c1-8(12)11(15)13-6-9-4-5-14(7-9)10-2-3-10/h8-10H,2-7,12H2,1H3,(H,13,15)/t8-,9?/m1/s1. The number of amides is 1. The van der Waals surface area contributed by atoms with Gasteiger partial charge < -0.3 is 16.0 Å². The van der Waals surface area contributed by atoms with Gasteiger partial charge in [-0.05, 0) is 38.6 Å². The fourth-order valence-corrected chi connectivity index (χ4v) is 2.21. The third-order valence-electron chi connectivity index (χ3n) is 3.36. The van der Waals surface area contributed by atoms with Gasteiger partial charge in [-0.3, -0.25) is 4.79 Å². The molecule has 0 bridgehead atoms. The molecule has 2 aliphatic rings. The number of nitrogens with zero attached hydrogens (tertiary/aromatic N) is 1. The molecule has 0 spiro atoms. The molecule has 1 aliphatic carbocycles. The summed E-state index contributed by atoms with van der Waals surface area (Å²) in [5.41, 5.74) is 5.48. The highest BCUT2D eigenvalue weighted by Gasteiger charge is 2.34. The minimum absolute atomic E-state index is 0.0279. The highest BCUT2D eigenvalue weighted by atomic mass is 16.2. The number of nitrogens with one attached hydrogen (secondary N) is 1. The third kappa shape index (κ3) is 2.92. The van der Waals surface area contributed by atoms with Crippen LogP contribution >= 0.6 is 0 Å². The van der Waals surface area contributed by atoms with Gasteiger partial charge in [0, 0.05) is 19.1 Å². The van der Waals surface area contributed by atoms with Crippen molar-refractivity contribution in [3.63, 3.8) is 0 Å². The molecular formula is C11H21N3O. The molecule has 1 unspecified atom stereocenters. The maximum Gasteiger partial charge on any atom is 0.236 e. The molecule has 3 N–H and O–H groups in total. The molecule has 1 heterocycles. The Kier molecular flexibility index (Phi) is 3.26. The van der Waals surface area contributed by atoms with Gasteiger partial charge in [-0.1, -0.05) is 0 Å². The molecule has 1 saturated carbocycles. The second-order valence-electron chi connectivity index (χ2n) is 4.91. The first-order chi connectivity index (χ1) is 7.16. The molecule has 2 rings (SSSR count). The molecule has 1 aliphatic heterocycles. The average molecular weight is 211 g/mol. The number of nitrogens with two attached hydrogens (primary N) is 1. The van der Waals surface area contributed by atoms with Gasteiger partial charge >= 0.3 is 0 Å². The first kappa shape index (κ1) is 10.9. The molecule has 86 valence electrons. The van der Waals surface area contributed by atoms with Crippen molar-refractivity contribution < 1.29 is 4.79 Å². The number of carbonyl (C=O) groups is 1. The van der Waals surface area contributed by atoms with Gasteiger partial charge in [-0.25, -0.2) is 0 Å². The SMILES string of the molecule is C[C@@H](N)C(=O)NCC1CCN(C2CC2)C1. The van der Waals surface area contributed by atoms with Crippen molar-refractivity contribution in [2.24, 2.45) is 11.7 Å². The van der Waals surface area contributed by atoms with Gasteiger partial charge in [0.1, 0.15) is 0 Å². The van der Waals surface area contributed by atoms with E-state index in [9.17, 15) is 4.79 Å². The highest BCUT2D eigenvalue weighted by Crippen LogP contribution is 2.31. The lowest BCUT2D eigenvalue weighted by Gasteiger charge is -2.15. The summed E-state index contributed by atoms with van der Waals surface area (Å²) in [5, 5.41) is 2.91. The smallest absolute Gasteiger partial charge is 0.236 e. The monoisotopic (exact) mass is 211 g/mol. The maximum absolute atomic E-state index is 11.3. The van der Waals surface area contributed by atoms with Crippen LogP contribution in [0, 0.1) is 5.92 Å². The highest BCUT2D eigenvalue weighted by molar-refractivity contribution is 5.80. The zero-order valence-corrected chi connectivity index (χ0v) is 9.41. The average Bonchev–Trinajstić information content (AvgIpc) is 2.95. The minimum Gasteiger partial charge on any atom is -0.354 e. The van der Waals surface area contributed by atoms with E-state index >= 15 is 0 Å². The van der Waals surface area contributed by atoms with E-state index in [-0.39, 0.29) is 11.9 Å². The fourth-order valence-electron chi connectivity index (χ4n) is 2.21. The van der Waals surface area contributed by atoms with E-state index in [0.717, 1.165) is 19.1 Å². The van der Waals surface area contributed by atoms with Crippen molar-refractivity contribution in [3.05, 3.63) is 0 Å². The molecule has 2 fully saturated rings. The Balaban J connectivity index is 1.66. The van der Waals surface area contributed by atoms with Gasteiger partial charge in [-0.15, -0.1) is 0 Å². The van der Waals surface area contributed by atoms with Crippen LogP contribution in [0.4, 0.5) is 0 Å². The van der Waals surface area contributed by atoms with Gasteiger partial charge in [-0.2, -0.15) is 0 Å². The van der Waals surface area contributed by atoms with Gasteiger partial charge in [0.15, 0.2) is 0 Å². The number of rotatable bonds is 4. The number of hydrogen-bond acceptors (Lipinski definition) is 3. The van der Waals surface area contributed by atoms with E-state index in [2.05, 4.69) is 10.2 Å². The largest absolute Gasteiger partial charge is 0.354 e. The van der Waals surface area contributed by atoms with Crippen LogP contribution in [0.15, 0.2) is 0 Å². The van der Waals surface area contributed by atoms with Crippen LogP contribution in [-0.2, 0) is 4.79 Å². The van der Waals surface area contributed by atoms with Gasteiger partial charge in [0.25, 0.3) is 0 Å². The van der Waals surface area contributed by atoms with Gasteiger partial charge in [0.05, 0.1) is 6.04 Å². The second-order valence-corrected chi connectivity index (χ2v) is 4.91. The normalized spacial score (nSPS) is 29.1. The van der Waals surface area contributed by atoms with Crippen molar-refractivity contribution in [1.29, 1.82) is 0 Å². The van der Waals surface area contributed by atoms with E-state index in [1.807, 2.05) is 0 Å². The topological polar surface area (TPSA) is 58.4 Å². The molecular weight excluding hydrogens is 190 g/mol. The van der Waals surface area contributed by atoms with Crippen molar-refractivity contribution in [1.82, 2.24) is 10.2 Å². The van der Waals surface area contributed by atoms with Crippen molar-refractivity contribution >= 4 is 5.91 Å². The molecule has 15 heavy (non-hydrogen) atoms. The lowest BCUT2D eigenvalue weighted by Crippen LogP contribution is -2.40. The van der Waals surface area contributed by atoms with E-state index < -0.39 is 0 Å². The maximum atomic E-state index is 11.3. The summed E-state index contributed by atoms with van der Waals surface area (Å²) in [7, 11) is 0. The van der Waals surface area contributed by atoms with E-state index in [4.69, 9.17) is 5.73 Å².